The Morgan fingerprint density at radius 2 is 2.14 bits per heavy atom. The molecule has 1 aliphatic carbocycles. The third-order valence-electron chi connectivity index (χ3n) is 4.88. The van der Waals surface area contributed by atoms with Gasteiger partial charge in [-0.2, -0.15) is 0 Å². The summed E-state index contributed by atoms with van der Waals surface area (Å²) in [5.74, 6) is 1.42. The van der Waals surface area contributed by atoms with Gasteiger partial charge in [0.1, 0.15) is 5.75 Å². The molecule has 152 valence electrons. The molecule has 29 heavy (non-hydrogen) atoms. The number of methoxy groups -OCH3 is 1. The van der Waals surface area contributed by atoms with Crippen LogP contribution in [0, 0.1) is 0 Å². The van der Waals surface area contributed by atoms with Gasteiger partial charge < -0.3 is 18.8 Å². The Balaban J connectivity index is 1.38. The van der Waals surface area contributed by atoms with Gasteiger partial charge in [-0.05, 0) is 54.0 Å². The van der Waals surface area contributed by atoms with E-state index in [2.05, 4.69) is 16.3 Å². The molecule has 2 aromatic heterocycles. The Hall–Kier alpha value is -2.71. The highest BCUT2D eigenvalue weighted by atomic mass is 32.1. The quantitative estimate of drug-likeness (QED) is 0.535. The molecule has 0 unspecified atom stereocenters. The molecule has 1 amide bonds. The van der Waals surface area contributed by atoms with Crippen molar-refractivity contribution in [1.29, 1.82) is 0 Å². The van der Waals surface area contributed by atoms with Crippen LogP contribution in [0.5, 0.6) is 5.75 Å². The van der Waals surface area contributed by atoms with Crippen LogP contribution in [0.25, 0.3) is 10.8 Å². The van der Waals surface area contributed by atoms with Crippen LogP contribution in [0.1, 0.15) is 23.4 Å². The summed E-state index contributed by atoms with van der Waals surface area (Å²) in [4.78, 5) is 15.3. The lowest BCUT2D eigenvalue weighted by molar-refractivity contribution is -0.135. The van der Waals surface area contributed by atoms with Crippen molar-refractivity contribution < 1.29 is 18.7 Å². The van der Waals surface area contributed by atoms with E-state index in [1.54, 1.807) is 12.0 Å². The maximum absolute atomic E-state index is 12.8. The lowest BCUT2D eigenvalue weighted by atomic mass is 10.1. The molecule has 0 fully saturated rings. The van der Waals surface area contributed by atoms with Crippen LogP contribution >= 0.6 is 11.3 Å². The minimum atomic E-state index is -0.154. The fraction of sp³-hybridized carbons (Fsp3) is 0.381. The number of hydrogen-bond donors (Lipinski definition) is 0. The van der Waals surface area contributed by atoms with Crippen molar-refractivity contribution in [2.24, 2.45) is 0 Å². The number of carbonyl (C=O) groups excluding carboxylic acids is 1. The summed E-state index contributed by atoms with van der Waals surface area (Å²) >= 11 is 1.53. The molecule has 3 aromatic rings. The zero-order chi connectivity index (χ0) is 20.1. The number of amides is 1. The summed E-state index contributed by atoms with van der Waals surface area (Å²) in [5.41, 5.74) is 2.70. The van der Waals surface area contributed by atoms with Gasteiger partial charge in [-0.3, -0.25) is 4.79 Å². The summed E-state index contributed by atoms with van der Waals surface area (Å²) in [7, 11) is 1.60. The summed E-state index contributed by atoms with van der Waals surface area (Å²) in [6.45, 7) is 0.999. The second kappa shape index (κ2) is 9.19. The van der Waals surface area contributed by atoms with Crippen LogP contribution in [0.3, 0.4) is 0 Å². The molecule has 4 rings (SSSR count). The van der Waals surface area contributed by atoms with Crippen LogP contribution in [0.15, 0.2) is 40.1 Å². The van der Waals surface area contributed by atoms with Crippen LogP contribution in [0.2, 0.25) is 0 Å². The third kappa shape index (κ3) is 4.83. The highest BCUT2D eigenvalue weighted by Crippen LogP contribution is 2.26. The van der Waals surface area contributed by atoms with E-state index in [0.29, 0.717) is 24.9 Å². The van der Waals surface area contributed by atoms with E-state index in [9.17, 15) is 4.79 Å². The normalized spacial score (nSPS) is 12.7. The first-order valence-corrected chi connectivity index (χ1v) is 10.5. The highest BCUT2D eigenvalue weighted by Gasteiger charge is 2.19. The number of carbonyl (C=O) groups is 1. The van der Waals surface area contributed by atoms with Gasteiger partial charge >= 0.3 is 0 Å². The van der Waals surface area contributed by atoms with Crippen molar-refractivity contribution in [2.45, 2.75) is 25.8 Å². The molecule has 7 nitrogen and oxygen atoms in total. The van der Waals surface area contributed by atoms with Gasteiger partial charge in [0.2, 0.25) is 5.89 Å². The number of aryl methyl sites for hydroxylation is 2. The first-order chi connectivity index (χ1) is 14.2. The smallest absolute Gasteiger partial charge is 0.261 e. The van der Waals surface area contributed by atoms with Crippen LogP contribution in [-0.2, 0) is 28.9 Å². The van der Waals surface area contributed by atoms with E-state index in [1.807, 2.05) is 29.6 Å². The third-order valence-corrected chi connectivity index (χ3v) is 5.73. The zero-order valence-electron chi connectivity index (χ0n) is 16.3. The van der Waals surface area contributed by atoms with Crippen molar-refractivity contribution in [2.75, 3.05) is 26.9 Å². The standard InChI is InChI=1S/C21H23N3O4S/c1-26-10-9-24(13-19-22-23-21(28-19)18-6-3-11-29-18)20(25)14-27-17-8-7-15-4-2-5-16(15)12-17/h3,6-8,11-12H,2,4-5,9-10,13-14H2,1H3. The SMILES string of the molecule is COCCN(Cc1nnc(-c2cccs2)o1)C(=O)COc1ccc2c(c1)CCC2. The molecule has 0 saturated heterocycles. The first kappa shape index (κ1) is 19.6. The molecule has 0 saturated carbocycles. The van der Waals surface area contributed by atoms with E-state index in [0.717, 1.165) is 23.5 Å². The summed E-state index contributed by atoms with van der Waals surface area (Å²) < 4.78 is 16.6. The highest BCUT2D eigenvalue weighted by molar-refractivity contribution is 7.13. The Labute approximate surface area is 173 Å². The number of aromatic nitrogens is 2. The Morgan fingerprint density at radius 3 is 2.97 bits per heavy atom. The largest absolute Gasteiger partial charge is 0.484 e. The van der Waals surface area contributed by atoms with Gasteiger partial charge in [-0.15, -0.1) is 21.5 Å². The number of nitrogens with zero attached hydrogens (tertiary/aromatic N) is 3. The van der Waals surface area contributed by atoms with Crippen molar-refractivity contribution in [3.8, 4) is 16.5 Å². The minimum absolute atomic E-state index is 0.0472. The predicted molar refractivity (Wildman–Crippen MR) is 109 cm³/mol. The summed E-state index contributed by atoms with van der Waals surface area (Å²) in [6, 6.07) is 9.91. The average Bonchev–Trinajstić information content (AvgIpc) is 3.49. The van der Waals surface area contributed by atoms with Crippen molar-refractivity contribution >= 4 is 17.2 Å². The molecule has 2 heterocycles. The lowest BCUT2D eigenvalue weighted by Gasteiger charge is -2.20. The zero-order valence-corrected chi connectivity index (χ0v) is 17.1. The molecule has 0 bridgehead atoms. The lowest BCUT2D eigenvalue weighted by Crippen LogP contribution is -2.37. The van der Waals surface area contributed by atoms with E-state index in [1.165, 1.54) is 28.9 Å². The van der Waals surface area contributed by atoms with E-state index in [4.69, 9.17) is 13.9 Å². The Morgan fingerprint density at radius 1 is 1.24 bits per heavy atom. The summed E-state index contributed by atoms with van der Waals surface area (Å²) in [6.07, 6.45) is 3.38. The topological polar surface area (TPSA) is 77.7 Å². The first-order valence-electron chi connectivity index (χ1n) is 9.60. The molecule has 0 radical (unpaired) electrons. The molecule has 1 aromatic carbocycles. The number of hydrogen-bond acceptors (Lipinski definition) is 7. The predicted octanol–water partition coefficient (Wildman–Crippen LogP) is 3.34. The summed E-state index contributed by atoms with van der Waals surface area (Å²) in [5, 5.41) is 10.1. The van der Waals surface area contributed by atoms with E-state index >= 15 is 0 Å². The van der Waals surface area contributed by atoms with Crippen LogP contribution in [-0.4, -0.2) is 47.9 Å². The molecule has 1 aliphatic rings. The van der Waals surface area contributed by atoms with Crippen LogP contribution in [0.4, 0.5) is 0 Å². The second-order valence-corrected chi connectivity index (χ2v) is 7.81. The number of benzene rings is 1. The van der Waals surface area contributed by atoms with Gasteiger partial charge in [0, 0.05) is 13.7 Å². The van der Waals surface area contributed by atoms with E-state index in [-0.39, 0.29) is 19.1 Å². The number of fused-ring (bicyclic) bond motifs is 1. The van der Waals surface area contributed by atoms with Crippen molar-refractivity contribution in [1.82, 2.24) is 15.1 Å². The van der Waals surface area contributed by atoms with Gasteiger partial charge in [-0.1, -0.05) is 12.1 Å². The Bertz CT molecular complexity index is 955. The fourth-order valence-electron chi connectivity index (χ4n) is 3.35. The Kier molecular flexibility index (Phi) is 6.21. The molecule has 0 N–H and O–H groups in total. The molecule has 8 heteroatoms. The number of thiophene rings is 1. The number of ether oxygens (including phenoxy) is 2. The van der Waals surface area contributed by atoms with Crippen molar-refractivity contribution in [3.05, 3.63) is 52.7 Å². The molecular weight excluding hydrogens is 390 g/mol. The maximum atomic E-state index is 12.8. The molecule has 0 spiro atoms. The molecule has 0 atom stereocenters. The fourth-order valence-corrected chi connectivity index (χ4v) is 3.99. The van der Waals surface area contributed by atoms with Gasteiger partial charge in [-0.25, -0.2) is 0 Å². The van der Waals surface area contributed by atoms with Crippen molar-refractivity contribution in [3.63, 3.8) is 0 Å². The number of rotatable bonds is 9. The maximum Gasteiger partial charge on any atom is 0.261 e. The van der Waals surface area contributed by atoms with Gasteiger partial charge in [0.15, 0.2) is 6.61 Å². The molecule has 0 aliphatic heterocycles. The second-order valence-electron chi connectivity index (χ2n) is 6.86. The van der Waals surface area contributed by atoms with E-state index < -0.39 is 0 Å². The van der Waals surface area contributed by atoms with Gasteiger partial charge in [0.25, 0.3) is 11.8 Å². The molecular formula is C21H23N3O4S. The average molecular weight is 413 g/mol. The van der Waals surface area contributed by atoms with Gasteiger partial charge in [0.05, 0.1) is 18.0 Å². The minimum Gasteiger partial charge on any atom is -0.484 e. The monoisotopic (exact) mass is 413 g/mol. The van der Waals surface area contributed by atoms with Crippen LogP contribution < -0.4 is 4.74 Å².